The van der Waals surface area contributed by atoms with Crippen LogP contribution in [0.2, 0.25) is 0 Å². The van der Waals surface area contributed by atoms with Gasteiger partial charge >= 0.3 is 0 Å². The molecule has 25 heavy (non-hydrogen) atoms. The number of carbonyl (C=O) groups is 1. The minimum atomic E-state index is -0.0257. The van der Waals surface area contributed by atoms with Gasteiger partial charge in [-0.1, -0.05) is 24.3 Å². The first-order valence-corrected chi connectivity index (χ1v) is 9.66. The Morgan fingerprint density at radius 1 is 1.32 bits per heavy atom. The topological polar surface area (TPSA) is 56.1 Å². The summed E-state index contributed by atoms with van der Waals surface area (Å²) in [6.07, 6.45) is 4.68. The van der Waals surface area contributed by atoms with Crippen molar-refractivity contribution in [1.29, 1.82) is 5.26 Å². The van der Waals surface area contributed by atoms with Gasteiger partial charge in [-0.25, -0.2) is 0 Å². The number of benzene rings is 1. The maximum absolute atomic E-state index is 12.4. The predicted molar refractivity (Wildman–Crippen MR) is 99.8 cm³/mol. The minimum Gasteiger partial charge on any atom is -0.315 e. The molecule has 2 heterocycles. The Labute approximate surface area is 152 Å². The van der Waals surface area contributed by atoms with Crippen molar-refractivity contribution < 1.29 is 4.79 Å². The summed E-state index contributed by atoms with van der Waals surface area (Å²) in [4.78, 5) is 14.7. The SMILES string of the molecule is N#Cc1ccsc1NC(=O)CN1CCCC2(CCc3ccccc32)C1. The molecule has 1 amide bonds. The van der Waals surface area contributed by atoms with E-state index >= 15 is 0 Å². The summed E-state index contributed by atoms with van der Waals surface area (Å²) in [7, 11) is 0. The minimum absolute atomic E-state index is 0.0257. The van der Waals surface area contributed by atoms with Gasteiger partial charge in [-0.05, 0) is 54.8 Å². The van der Waals surface area contributed by atoms with Crippen LogP contribution in [-0.2, 0) is 16.6 Å². The van der Waals surface area contributed by atoms with Gasteiger partial charge in [0, 0.05) is 12.0 Å². The zero-order valence-electron chi connectivity index (χ0n) is 14.1. The largest absolute Gasteiger partial charge is 0.315 e. The molecular weight excluding hydrogens is 330 g/mol. The van der Waals surface area contributed by atoms with Crippen LogP contribution < -0.4 is 5.32 Å². The van der Waals surface area contributed by atoms with E-state index in [1.807, 2.05) is 5.38 Å². The Kier molecular flexibility index (Phi) is 4.32. The number of carbonyl (C=O) groups excluding carboxylic acids is 1. The molecule has 4 nitrogen and oxygen atoms in total. The molecular formula is C20H21N3OS. The van der Waals surface area contributed by atoms with Crippen LogP contribution in [0.4, 0.5) is 5.00 Å². The standard InChI is InChI=1S/C20H21N3OS/c21-12-16-7-11-25-19(16)22-18(24)13-23-10-3-8-20(14-23)9-6-15-4-1-2-5-17(15)20/h1-2,4-5,7,11H,3,6,8-10,13-14H2,(H,22,24). The molecule has 5 heteroatoms. The third-order valence-corrected chi connectivity index (χ3v) is 6.35. The van der Waals surface area contributed by atoms with Gasteiger partial charge in [0.1, 0.15) is 11.1 Å². The van der Waals surface area contributed by atoms with Gasteiger partial charge < -0.3 is 5.32 Å². The Hall–Kier alpha value is -2.16. The van der Waals surface area contributed by atoms with Gasteiger partial charge in [0.15, 0.2) is 0 Å². The van der Waals surface area contributed by atoms with Crippen LogP contribution in [0.25, 0.3) is 0 Å². The van der Waals surface area contributed by atoms with E-state index in [4.69, 9.17) is 5.26 Å². The number of nitrogens with zero attached hydrogens (tertiary/aromatic N) is 2. The number of nitriles is 1. The molecule has 128 valence electrons. The van der Waals surface area contributed by atoms with E-state index in [1.54, 1.807) is 6.07 Å². The van der Waals surface area contributed by atoms with E-state index in [-0.39, 0.29) is 11.3 Å². The quantitative estimate of drug-likeness (QED) is 0.920. The molecule has 1 atom stereocenters. The lowest BCUT2D eigenvalue weighted by Gasteiger charge is -2.41. The Bertz CT molecular complexity index is 833. The summed E-state index contributed by atoms with van der Waals surface area (Å²) >= 11 is 1.40. The number of anilines is 1. The number of likely N-dealkylation sites (tertiary alicyclic amines) is 1. The highest BCUT2D eigenvalue weighted by Gasteiger charge is 2.41. The lowest BCUT2D eigenvalue weighted by atomic mass is 9.75. The molecule has 1 saturated heterocycles. The van der Waals surface area contributed by atoms with Crippen molar-refractivity contribution in [3.63, 3.8) is 0 Å². The van der Waals surface area contributed by atoms with Crippen molar-refractivity contribution in [3.8, 4) is 6.07 Å². The van der Waals surface area contributed by atoms with Crippen molar-refractivity contribution in [2.75, 3.05) is 25.0 Å². The number of hydrogen-bond donors (Lipinski definition) is 1. The summed E-state index contributed by atoms with van der Waals surface area (Å²) in [5.74, 6) is -0.0257. The van der Waals surface area contributed by atoms with Crippen LogP contribution in [0.1, 0.15) is 36.0 Å². The maximum atomic E-state index is 12.4. The van der Waals surface area contributed by atoms with Gasteiger partial charge in [0.25, 0.3) is 0 Å². The molecule has 2 aliphatic rings. The van der Waals surface area contributed by atoms with Crippen molar-refractivity contribution in [2.24, 2.45) is 0 Å². The number of piperidine rings is 1. The van der Waals surface area contributed by atoms with Crippen molar-refractivity contribution in [3.05, 3.63) is 52.4 Å². The van der Waals surface area contributed by atoms with Crippen LogP contribution in [0.15, 0.2) is 35.7 Å². The average molecular weight is 351 g/mol. The third-order valence-electron chi connectivity index (χ3n) is 5.52. The molecule has 1 unspecified atom stereocenters. The smallest absolute Gasteiger partial charge is 0.239 e. The molecule has 1 aromatic heterocycles. The van der Waals surface area contributed by atoms with E-state index in [0.717, 1.165) is 25.9 Å². The number of aryl methyl sites for hydroxylation is 1. The van der Waals surface area contributed by atoms with E-state index in [9.17, 15) is 4.79 Å². The van der Waals surface area contributed by atoms with Gasteiger partial charge in [-0.15, -0.1) is 11.3 Å². The van der Waals surface area contributed by atoms with Crippen LogP contribution >= 0.6 is 11.3 Å². The monoisotopic (exact) mass is 351 g/mol. The second-order valence-electron chi connectivity index (χ2n) is 7.08. The third kappa shape index (κ3) is 3.08. The predicted octanol–water partition coefficient (Wildman–Crippen LogP) is 3.54. The first-order valence-electron chi connectivity index (χ1n) is 8.78. The maximum Gasteiger partial charge on any atom is 0.239 e. The number of nitrogens with one attached hydrogen (secondary N) is 1. The van der Waals surface area contributed by atoms with Crippen molar-refractivity contribution in [2.45, 2.75) is 31.1 Å². The van der Waals surface area contributed by atoms with Crippen molar-refractivity contribution in [1.82, 2.24) is 4.90 Å². The number of hydrogen-bond acceptors (Lipinski definition) is 4. The number of rotatable bonds is 3. The molecule has 1 N–H and O–H groups in total. The van der Waals surface area contributed by atoms with E-state index in [0.29, 0.717) is 17.1 Å². The second-order valence-corrected chi connectivity index (χ2v) is 7.99. The van der Waals surface area contributed by atoms with Gasteiger partial charge in [-0.2, -0.15) is 5.26 Å². The normalized spacial score (nSPS) is 22.5. The number of thiophene rings is 1. The van der Waals surface area contributed by atoms with E-state index in [1.165, 1.54) is 35.3 Å². The fourth-order valence-corrected chi connectivity index (χ4v) is 5.17. The Morgan fingerprint density at radius 3 is 3.08 bits per heavy atom. The molecule has 1 fully saturated rings. The summed E-state index contributed by atoms with van der Waals surface area (Å²) in [5, 5.41) is 14.5. The zero-order chi connectivity index (χ0) is 17.3. The lowest BCUT2D eigenvalue weighted by molar-refractivity contribution is -0.117. The molecule has 4 rings (SSSR count). The van der Waals surface area contributed by atoms with Crippen LogP contribution in [0, 0.1) is 11.3 Å². The number of fused-ring (bicyclic) bond motifs is 2. The highest BCUT2D eigenvalue weighted by Crippen LogP contribution is 2.44. The molecule has 1 aliphatic carbocycles. The molecule has 0 radical (unpaired) electrons. The zero-order valence-corrected chi connectivity index (χ0v) is 14.9. The molecule has 1 spiro atoms. The number of amides is 1. The van der Waals surface area contributed by atoms with Crippen LogP contribution in [-0.4, -0.2) is 30.4 Å². The summed E-state index contributed by atoms with van der Waals surface area (Å²) < 4.78 is 0. The summed E-state index contributed by atoms with van der Waals surface area (Å²) in [6.45, 7) is 2.31. The van der Waals surface area contributed by atoms with Gasteiger partial charge in [0.2, 0.25) is 5.91 Å². The Balaban J connectivity index is 1.44. The molecule has 0 saturated carbocycles. The molecule has 2 aromatic rings. The van der Waals surface area contributed by atoms with Gasteiger partial charge in [0.05, 0.1) is 12.1 Å². The molecule has 0 bridgehead atoms. The van der Waals surface area contributed by atoms with Crippen LogP contribution in [0.5, 0.6) is 0 Å². The van der Waals surface area contributed by atoms with E-state index < -0.39 is 0 Å². The first-order chi connectivity index (χ1) is 12.2. The lowest BCUT2D eigenvalue weighted by Crippen LogP contribution is -2.47. The fourth-order valence-electron chi connectivity index (χ4n) is 4.41. The Morgan fingerprint density at radius 2 is 2.20 bits per heavy atom. The van der Waals surface area contributed by atoms with E-state index in [2.05, 4.69) is 40.6 Å². The highest BCUT2D eigenvalue weighted by molar-refractivity contribution is 7.14. The first kappa shape index (κ1) is 16.3. The van der Waals surface area contributed by atoms with Crippen molar-refractivity contribution >= 4 is 22.2 Å². The summed E-state index contributed by atoms with van der Waals surface area (Å²) in [6, 6.07) is 12.6. The molecule has 1 aliphatic heterocycles. The highest BCUT2D eigenvalue weighted by atomic mass is 32.1. The summed E-state index contributed by atoms with van der Waals surface area (Å²) in [5.41, 5.74) is 3.73. The second kappa shape index (κ2) is 6.62. The van der Waals surface area contributed by atoms with Crippen LogP contribution in [0.3, 0.4) is 0 Å². The average Bonchev–Trinajstić information content (AvgIpc) is 3.20. The fraction of sp³-hybridized carbons (Fsp3) is 0.400. The molecule has 1 aromatic carbocycles. The van der Waals surface area contributed by atoms with Gasteiger partial charge in [-0.3, -0.25) is 9.69 Å².